The van der Waals surface area contributed by atoms with E-state index in [0.29, 0.717) is 22.2 Å². The molecule has 1 heterocycles. The smallest absolute Gasteiger partial charge is 0.357 e. The fourth-order valence-electron chi connectivity index (χ4n) is 2.62. The van der Waals surface area contributed by atoms with Gasteiger partial charge in [0.2, 0.25) is 0 Å². The predicted octanol–water partition coefficient (Wildman–Crippen LogP) is 4.23. The zero-order chi connectivity index (χ0) is 21.0. The standard InChI is InChI=1S/C21H20ClN3O4/c1-12-9-17(19(28-3)10-15(12)22)23-20(26)13(2)29-21(27)18-11-16(24-25-18)14-7-5-4-6-8-14/h4-11,13H,1-3H3,(H,23,26)(H,24,25)/t13-/m1/s1. The first-order chi connectivity index (χ1) is 13.9. The summed E-state index contributed by atoms with van der Waals surface area (Å²) >= 11 is 6.08. The van der Waals surface area contributed by atoms with Crippen molar-refractivity contribution >= 4 is 29.2 Å². The lowest BCUT2D eigenvalue weighted by atomic mass is 10.1. The molecule has 1 aromatic heterocycles. The monoisotopic (exact) mass is 413 g/mol. The van der Waals surface area contributed by atoms with Gasteiger partial charge < -0.3 is 14.8 Å². The Morgan fingerprint density at radius 1 is 1.17 bits per heavy atom. The third-order valence-electron chi connectivity index (χ3n) is 4.26. The fourth-order valence-corrected chi connectivity index (χ4v) is 2.78. The van der Waals surface area contributed by atoms with Crippen molar-refractivity contribution in [3.63, 3.8) is 0 Å². The fraction of sp³-hybridized carbons (Fsp3) is 0.190. The highest BCUT2D eigenvalue weighted by Gasteiger charge is 2.22. The lowest BCUT2D eigenvalue weighted by molar-refractivity contribution is -0.123. The normalized spacial score (nSPS) is 11.6. The van der Waals surface area contributed by atoms with Crippen molar-refractivity contribution < 1.29 is 19.1 Å². The Balaban J connectivity index is 1.66. The molecule has 0 unspecified atom stereocenters. The summed E-state index contributed by atoms with van der Waals surface area (Å²) in [6.07, 6.45) is -1.04. The summed E-state index contributed by atoms with van der Waals surface area (Å²) in [5.41, 5.74) is 2.84. The second-order valence-corrected chi connectivity index (χ2v) is 6.78. The molecule has 3 rings (SSSR count). The summed E-state index contributed by atoms with van der Waals surface area (Å²) in [5, 5.41) is 9.96. The van der Waals surface area contributed by atoms with Crippen molar-refractivity contribution in [2.24, 2.45) is 0 Å². The zero-order valence-corrected chi connectivity index (χ0v) is 16.9. The summed E-state index contributed by atoms with van der Waals surface area (Å²) in [6, 6.07) is 14.3. The topological polar surface area (TPSA) is 93.3 Å². The van der Waals surface area contributed by atoms with Crippen LogP contribution in [0.4, 0.5) is 5.69 Å². The number of esters is 1. The van der Waals surface area contributed by atoms with Crippen LogP contribution in [-0.2, 0) is 9.53 Å². The summed E-state index contributed by atoms with van der Waals surface area (Å²) in [5.74, 6) is -0.767. The molecule has 0 fully saturated rings. The number of ether oxygens (including phenoxy) is 2. The largest absolute Gasteiger partial charge is 0.495 e. The molecule has 8 heteroatoms. The number of nitrogens with zero attached hydrogens (tertiary/aromatic N) is 1. The molecule has 0 bridgehead atoms. The first-order valence-corrected chi connectivity index (χ1v) is 9.23. The Morgan fingerprint density at radius 2 is 1.90 bits per heavy atom. The molecule has 1 atom stereocenters. The molecule has 0 radical (unpaired) electrons. The third kappa shape index (κ3) is 4.75. The van der Waals surface area contributed by atoms with Crippen LogP contribution in [0.15, 0.2) is 48.5 Å². The maximum absolute atomic E-state index is 12.5. The number of H-pyrrole nitrogens is 1. The molecule has 2 aromatic carbocycles. The van der Waals surface area contributed by atoms with Crippen LogP contribution < -0.4 is 10.1 Å². The molecule has 0 aliphatic heterocycles. The number of aromatic nitrogens is 2. The number of carbonyl (C=O) groups excluding carboxylic acids is 2. The molecule has 1 amide bonds. The predicted molar refractivity (Wildman–Crippen MR) is 110 cm³/mol. The second-order valence-electron chi connectivity index (χ2n) is 6.37. The maximum Gasteiger partial charge on any atom is 0.357 e. The van der Waals surface area contributed by atoms with Crippen molar-refractivity contribution in [2.45, 2.75) is 20.0 Å². The molecule has 0 saturated carbocycles. The van der Waals surface area contributed by atoms with Gasteiger partial charge in [-0.15, -0.1) is 0 Å². The molecule has 0 saturated heterocycles. The molecular weight excluding hydrogens is 394 g/mol. The van der Waals surface area contributed by atoms with Gasteiger partial charge in [0.15, 0.2) is 6.10 Å². The minimum atomic E-state index is -1.04. The highest BCUT2D eigenvalue weighted by Crippen LogP contribution is 2.31. The Kier molecular flexibility index (Phi) is 6.19. The van der Waals surface area contributed by atoms with Gasteiger partial charge in [-0.25, -0.2) is 4.79 Å². The number of halogens is 1. The van der Waals surface area contributed by atoms with Gasteiger partial charge in [-0.05, 0) is 31.5 Å². The van der Waals surface area contributed by atoms with Crippen LogP contribution in [0.5, 0.6) is 5.75 Å². The van der Waals surface area contributed by atoms with Gasteiger partial charge in [0.1, 0.15) is 11.4 Å². The molecule has 150 valence electrons. The molecule has 0 aliphatic carbocycles. The van der Waals surface area contributed by atoms with Crippen molar-refractivity contribution in [2.75, 3.05) is 12.4 Å². The van der Waals surface area contributed by atoms with Crippen LogP contribution in [-0.4, -0.2) is 35.3 Å². The van der Waals surface area contributed by atoms with Gasteiger partial charge in [-0.3, -0.25) is 9.89 Å². The number of hydrogen-bond donors (Lipinski definition) is 2. The summed E-state index contributed by atoms with van der Waals surface area (Å²) < 4.78 is 10.5. The molecule has 2 N–H and O–H groups in total. The van der Waals surface area contributed by atoms with Gasteiger partial charge in [0, 0.05) is 16.7 Å². The lowest BCUT2D eigenvalue weighted by Gasteiger charge is -2.15. The number of anilines is 1. The van der Waals surface area contributed by atoms with Crippen LogP contribution in [0.1, 0.15) is 23.0 Å². The number of rotatable bonds is 6. The quantitative estimate of drug-likeness (QED) is 0.590. The molecule has 7 nitrogen and oxygen atoms in total. The van der Waals surface area contributed by atoms with E-state index in [2.05, 4.69) is 15.5 Å². The van der Waals surface area contributed by atoms with Crippen molar-refractivity contribution in [1.82, 2.24) is 10.2 Å². The van der Waals surface area contributed by atoms with Crippen molar-refractivity contribution in [3.8, 4) is 17.0 Å². The van der Waals surface area contributed by atoms with Gasteiger partial charge in [0.05, 0.1) is 18.5 Å². The van der Waals surface area contributed by atoms with Crippen LogP contribution in [0, 0.1) is 6.92 Å². The van der Waals surface area contributed by atoms with Gasteiger partial charge >= 0.3 is 5.97 Å². The minimum Gasteiger partial charge on any atom is -0.495 e. The van der Waals surface area contributed by atoms with E-state index in [1.807, 2.05) is 37.3 Å². The summed E-state index contributed by atoms with van der Waals surface area (Å²) in [6.45, 7) is 3.29. The zero-order valence-electron chi connectivity index (χ0n) is 16.2. The number of hydrogen-bond acceptors (Lipinski definition) is 5. The first-order valence-electron chi connectivity index (χ1n) is 8.86. The number of nitrogens with one attached hydrogen (secondary N) is 2. The maximum atomic E-state index is 12.5. The Bertz CT molecular complexity index is 1030. The lowest BCUT2D eigenvalue weighted by Crippen LogP contribution is -2.30. The third-order valence-corrected chi connectivity index (χ3v) is 4.67. The number of benzene rings is 2. The van der Waals surface area contributed by atoms with E-state index in [-0.39, 0.29) is 5.69 Å². The Labute approximate surface area is 173 Å². The SMILES string of the molecule is COc1cc(Cl)c(C)cc1NC(=O)[C@@H](C)OC(=O)c1cc(-c2ccccc2)n[nH]1. The van der Waals surface area contributed by atoms with E-state index in [9.17, 15) is 9.59 Å². The van der Waals surface area contributed by atoms with Gasteiger partial charge in [-0.1, -0.05) is 41.9 Å². The molecule has 0 spiro atoms. The van der Waals surface area contributed by atoms with E-state index in [0.717, 1.165) is 11.1 Å². The minimum absolute atomic E-state index is 0.156. The second kappa shape index (κ2) is 8.79. The first kappa shape index (κ1) is 20.4. The van der Waals surface area contributed by atoms with Crippen LogP contribution in [0.3, 0.4) is 0 Å². The molecular formula is C21H20ClN3O4. The molecule has 29 heavy (non-hydrogen) atoms. The van der Waals surface area contributed by atoms with E-state index in [1.54, 1.807) is 18.2 Å². The number of amides is 1. The van der Waals surface area contributed by atoms with E-state index >= 15 is 0 Å². The Hall–Kier alpha value is -3.32. The van der Waals surface area contributed by atoms with E-state index in [4.69, 9.17) is 21.1 Å². The van der Waals surface area contributed by atoms with E-state index < -0.39 is 18.0 Å². The van der Waals surface area contributed by atoms with E-state index in [1.165, 1.54) is 14.0 Å². The van der Waals surface area contributed by atoms with Crippen LogP contribution in [0.25, 0.3) is 11.3 Å². The van der Waals surface area contributed by atoms with Crippen molar-refractivity contribution in [1.29, 1.82) is 0 Å². The average molecular weight is 414 g/mol. The highest BCUT2D eigenvalue weighted by atomic mass is 35.5. The van der Waals surface area contributed by atoms with Gasteiger partial charge in [-0.2, -0.15) is 5.10 Å². The summed E-state index contributed by atoms with van der Waals surface area (Å²) in [4.78, 5) is 24.8. The number of aromatic amines is 1. The van der Waals surface area contributed by atoms with Crippen molar-refractivity contribution in [3.05, 3.63) is 64.8 Å². The number of carbonyl (C=O) groups is 2. The number of aryl methyl sites for hydroxylation is 1. The average Bonchev–Trinajstić information content (AvgIpc) is 3.21. The molecule has 3 aromatic rings. The van der Waals surface area contributed by atoms with Gasteiger partial charge in [0.25, 0.3) is 5.91 Å². The number of methoxy groups -OCH3 is 1. The Morgan fingerprint density at radius 3 is 2.59 bits per heavy atom. The molecule has 0 aliphatic rings. The summed E-state index contributed by atoms with van der Waals surface area (Å²) in [7, 11) is 1.47. The highest BCUT2D eigenvalue weighted by molar-refractivity contribution is 6.31. The van der Waals surface area contributed by atoms with Crippen LogP contribution >= 0.6 is 11.6 Å². The van der Waals surface area contributed by atoms with Crippen LogP contribution in [0.2, 0.25) is 5.02 Å².